The van der Waals surface area contributed by atoms with Gasteiger partial charge in [-0.15, -0.1) is 11.3 Å². The molecule has 0 unspecified atom stereocenters. The summed E-state index contributed by atoms with van der Waals surface area (Å²) in [4.78, 5) is 17.3. The van der Waals surface area contributed by atoms with E-state index in [1.165, 1.54) is 11.3 Å². The molecule has 78 valence electrons. The van der Waals surface area contributed by atoms with Gasteiger partial charge in [0, 0.05) is 0 Å². The monoisotopic (exact) mass is 240 g/mol. The molecular formula is C9H8N2O2S2. The highest BCUT2D eigenvalue weighted by Crippen LogP contribution is 2.29. The van der Waals surface area contributed by atoms with Crippen molar-refractivity contribution in [1.82, 2.24) is 9.97 Å². The molecule has 0 spiro atoms. The molecular weight excluding hydrogens is 232 g/mol. The summed E-state index contributed by atoms with van der Waals surface area (Å²) in [6, 6.07) is 1.94. The molecule has 0 amide bonds. The summed E-state index contributed by atoms with van der Waals surface area (Å²) >= 11 is 6.37. The quantitative estimate of drug-likeness (QED) is 0.707. The molecule has 0 aliphatic carbocycles. The number of aryl methyl sites for hydroxylation is 1. The van der Waals surface area contributed by atoms with Crippen LogP contribution in [-0.4, -0.2) is 21.0 Å². The maximum absolute atomic E-state index is 10.9. The molecule has 0 bridgehead atoms. The Kier molecular flexibility index (Phi) is 2.45. The van der Waals surface area contributed by atoms with Gasteiger partial charge in [-0.3, -0.25) is 0 Å². The lowest BCUT2D eigenvalue weighted by Crippen LogP contribution is -1.98. The van der Waals surface area contributed by atoms with Crippen LogP contribution in [0.15, 0.2) is 11.4 Å². The van der Waals surface area contributed by atoms with Gasteiger partial charge in [-0.1, -0.05) is 0 Å². The van der Waals surface area contributed by atoms with Crippen molar-refractivity contribution in [1.29, 1.82) is 0 Å². The molecule has 2 aromatic rings. The Morgan fingerprint density at radius 2 is 2.27 bits per heavy atom. The molecule has 0 saturated heterocycles. The highest BCUT2D eigenvalue weighted by molar-refractivity contribution is 7.71. The molecule has 3 N–H and O–H groups in total. The molecule has 0 saturated carbocycles. The van der Waals surface area contributed by atoms with Crippen LogP contribution in [0.25, 0.3) is 10.6 Å². The maximum atomic E-state index is 10.9. The predicted molar refractivity (Wildman–Crippen MR) is 61.0 cm³/mol. The van der Waals surface area contributed by atoms with E-state index >= 15 is 0 Å². The lowest BCUT2D eigenvalue weighted by Gasteiger charge is -1.97. The summed E-state index contributed by atoms with van der Waals surface area (Å²) in [6.07, 6.45) is 0. The molecule has 6 heteroatoms. The molecule has 0 aliphatic heterocycles. The fourth-order valence-corrected chi connectivity index (χ4v) is 2.48. The Bertz CT molecular complexity index is 565. The minimum atomic E-state index is -1.01. The second kappa shape index (κ2) is 3.63. The number of nitrogens with one attached hydrogen (secondary N) is 2. The van der Waals surface area contributed by atoms with Crippen molar-refractivity contribution in [3.63, 3.8) is 0 Å². The third-order valence-electron chi connectivity index (χ3n) is 2.03. The van der Waals surface area contributed by atoms with Crippen LogP contribution < -0.4 is 0 Å². The minimum absolute atomic E-state index is 0.116. The van der Waals surface area contributed by atoms with Gasteiger partial charge in [0.25, 0.3) is 0 Å². The molecule has 0 aliphatic rings. The second-order valence-corrected chi connectivity index (χ2v) is 4.39. The number of thiophene rings is 1. The largest absolute Gasteiger partial charge is 0.477 e. The van der Waals surface area contributed by atoms with Gasteiger partial charge in [0.05, 0.1) is 10.6 Å². The van der Waals surface area contributed by atoms with E-state index in [9.17, 15) is 4.79 Å². The summed E-state index contributed by atoms with van der Waals surface area (Å²) in [5, 5.41) is 10.9. The van der Waals surface area contributed by atoms with Gasteiger partial charge in [-0.25, -0.2) is 4.79 Å². The van der Waals surface area contributed by atoms with Crippen LogP contribution in [-0.2, 0) is 0 Å². The number of hydrogen-bond donors (Lipinski definition) is 3. The van der Waals surface area contributed by atoms with Gasteiger partial charge in [0.2, 0.25) is 0 Å². The fraction of sp³-hybridized carbons (Fsp3) is 0.111. The van der Waals surface area contributed by atoms with Gasteiger partial charge in [-0.05, 0) is 36.2 Å². The highest BCUT2D eigenvalue weighted by Gasteiger charge is 2.16. The third-order valence-corrected chi connectivity index (χ3v) is 3.27. The average molecular weight is 240 g/mol. The third kappa shape index (κ3) is 1.73. The summed E-state index contributed by atoms with van der Waals surface area (Å²) in [7, 11) is 0. The molecule has 2 aromatic heterocycles. The lowest BCUT2D eigenvalue weighted by molar-refractivity contribution is 0.0692. The Balaban J connectivity index is 2.67. The number of imidazole rings is 1. The Labute approximate surface area is 94.6 Å². The average Bonchev–Trinajstić information content (AvgIpc) is 2.71. The van der Waals surface area contributed by atoms with E-state index in [-0.39, 0.29) is 5.69 Å². The first kappa shape index (κ1) is 10.1. The number of aromatic nitrogens is 2. The first-order valence-corrected chi connectivity index (χ1v) is 5.48. The van der Waals surface area contributed by atoms with Gasteiger partial charge < -0.3 is 15.1 Å². The second-order valence-electron chi connectivity index (χ2n) is 3.07. The van der Waals surface area contributed by atoms with Crippen molar-refractivity contribution in [2.75, 3.05) is 0 Å². The first-order chi connectivity index (χ1) is 7.09. The zero-order valence-corrected chi connectivity index (χ0v) is 9.46. The number of aromatic amines is 2. The summed E-state index contributed by atoms with van der Waals surface area (Å²) < 4.78 is 0.329. The van der Waals surface area contributed by atoms with Crippen LogP contribution in [0.5, 0.6) is 0 Å². The summed E-state index contributed by atoms with van der Waals surface area (Å²) in [5.41, 5.74) is 1.71. The molecule has 0 atom stereocenters. The lowest BCUT2D eigenvalue weighted by atomic mass is 10.2. The SMILES string of the molecule is Cc1ccsc1-c1[nH]c(=S)[nH]c1C(=O)O. The zero-order valence-electron chi connectivity index (χ0n) is 7.83. The van der Waals surface area contributed by atoms with Crippen molar-refractivity contribution >= 4 is 29.5 Å². The Morgan fingerprint density at radius 1 is 1.53 bits per heavy atom. The van der Waals surface area contributed by atoms with Crippen molar-refractivity contribution in [2.24, 2.45) is 0 Å². The van der Waals surface area contributed by atoms with E-state index in [2.05, 4.69) is 9.97 Å². The molecule has 15 heavy (non-hydrogen) atoms. The van der Waals surface area contributed by atoms with E-state index in [0.29, 0.717) is 10.5 Å². The van der Waals surface area contributed by atoms with Gasteiger partial charge >= 0.3 is 5.97 Å². The van der Waals surface area contributed by atoms with Crippen LogP contribution in [0.1, 0.15) is 16.1 Å². The maximum Gasteiger partial charge on any atom is 0.354 e. The topological polar surface area (TPSA) is 68.9 Å². The first-order valence-electron chi connectivity index (χ1n) is 4.19. The van der Waals surface area contributed by atoms with Crippen molar-refractivity contribution in [3.05, 3.63) is 27.5 Å². The fourth-order valence-electron chi connectivity index (χ4n) is 1.34. The van der Waals surface area contributed by atoms with Gasteiger partial charge in [0.15, 0.2) is 10.5 Å². The minimum Gasteiger partial charge on any atom is -0.477 e. The number of hydrogen-bond acceptors (Lipinski definition) is 3. The Morgan fingerprint density at radius 3 is 2.80 bits per heavy atom. The summed E-state index contributed by atoms with van der Waals surface area (Å²) in [6.45, 7) is 1.93. The van der Waals surface area contributed by atoms with Crippen LogP contribution >= 0.6 is 23.6 Å². The van der Waals surface area contributed by atoms with Crippen molar-refractivity contribution < 1.29 is 9.90 Å². The summed E-state index contributed by atoms with van der Waals surface area (Å²) in [5.74, 6) is -1.01. The van der Waals surface area contributed by atoms with Crippen LogP contribution in [0.4, 0.5) is 0 Å². The van der Waals surface area contributed by atoms with Gasteiger partial charge in [-0.2, -0.15) is 0 Å². The van der Waals surface area contributed by atoms with E-state index in [4.69, 9.17) is 17.3 Å². The Hall–Kier alpha value is -1.40. The standard InChI is InChI=1S/C9H8N2O2S2/c1-4-2-3-15-7(4)5-6(8(12)13)11-9(14)10-5/h2-3H,1H3,(H,12,13)(H2,10,11,14). The smallest absolute Gasteiger partial charge is 0.354 e. The zero-order chi connectivity index (χ0) is 11.0. The highest BCUT2D eigenvalue weighted by atomic mass is 32.1. The number of H-pyrrole nitrogens is 2. The van der Waals surface area contributed by atoms with E-state index in [0.717, 1.165) is 10.4 Å². The number of rotatable bonds is 2. The van der Waals surface area contributed by atoms with Gasteiger partial charge in [0.1, 0.15) is 0 Å². The number of aromatic carboxylic acids is 1. The number of carboxylic acids is 1. The number of carboxylic acid groups (broad SMARTS) is 1. The van der Waals surface area contributed by atoms with Crippen LogP contribution in [0, 0.1) is 11.7 Å². The van der Waals surface area contributed by atoms with Crippen LogP contribution in [0.3, 0.4) is 0 Å². The van der Waals surface area contributed by atoms with E-state index in [1.807, 2.05) is 18.4 Å². The molecule has 0 radical (unpaired) electrons. The van der Waals surface area contributed by atoms with Crippen molar-refractivity contribution in [2.45, 2.75) is 6.92 Å². The molecule has 0 fully saturated rings. The van der Waals surface area contributed by atoms with Crippen LogP contribution in [0.2, 0.25) is 0 Å². The molecule has 2 rings (SSSR count). The van der Waals surface area contributed by atoms with Crippen molar-refractivity contribution in [3.8, 4) is 10.6 Å². The molecule has 4 nitrogen and oxygen atoms in total. The predicted octanol–water partition coefficient (Wildman–Crippen LogP) is 2.81. The van der Waals surface area contributed by atoms with E-state index in [1.54, 1.807) is 0 Å². The normalized spacial score (nSPS) is 10.5. The molecule has 2 heterocycles. The number of carbonyl (C=O) groups is 1. The van der Waals surface area contributed by atoms with E-state index < -0.39 is 5.97 Å². The molecule has 0 aromatic carbocycles.